The SMILES string of the molecule is O=C(O)C1CCC(NCc2cccc(-c3ccc(O)cc3F)c2)C1. The summed E-state index contributed by atoms with van der Waals surface area (Å²) in [7, 11) is 0. The Morgan fingerprint density at radius 1 is 1.21 bits per heavy atom. The van der Waals surface area contributed by atoms with Crippen molar-refractivity contribution in [3.8, 4) is 16.9 Å². The van der Waals surface area contributed by atoms with Gasteiger partial charge in [-0.15, -0.1) is 0 Å². The summed E-state index contributed by atoms with van der Waals surface area (Å²) in [4.78, 5) is 11.0. The van der Waals surface area contributed by atoms with E-state index in [2.05, 4.69) is 5.32 Å². The Labute approximate surface area is 140 Å². The molecule has 1 aliphatic rings. The molecule has 0 spiro atoms. The highest BCUT2D eigenvalue weighted by Crippen LogP contribution is 2.28. The molecule has 24 heavy (non-hydrogen) atoms. The van der Waals surface area contributed by atoms with Crippen molar-refractivity contribution in [3.63, 3.8) is 0 Å². The third kappa shape index (κ3) is 3.74. The molecular weight excluding hydrogens is 309 g/mol. The lowest BCUT2D eigenvalue weighted by atomic mass is 10.0. The van der Waals surface area contributed by atoms with E-state index < -0.39 is 11.8 Å². The molecule has 0 saturated heterocycles. The first kappa shape index (κ1) is 16.5. The van der Waals surface area contributed by atoms with Crippen molar-refractivity contribution in [1.29, 1.82) is 0 Å². The van der Waals surface area contributed by atoms with Crippen molar-refractivity contribution in [2.45, 2.75) is 31.8 Å². The van der Waals surface area contributed by atoms with E-state index in [1.165, 1.54) is 6.07 Å². The lowest BCUT2D eigenvalue weighted by molar-refractivity contribution is -0.141. The van der Waals surface area contributed by atoms with Crippen molar-refractivity contribution in [1.82, 2.24) is 5.32 Å². The lowest BCUT2D eigenvalue weighted by Crippen LogP contribution is -2.26. The highest BCUT2D eigenvalue weighted by molar-refractivity contribution is 5.70. The molecule has 5 heteroatoms. The Balaban J connectivity index is 1.67. The van der Waals surface area contributed by atoms with Crippen molar-refractivity contribution in [2.75, 3.05) is 0 Å². The highest BCUT2D eigenvalue weighted by Gasteiger charge is 2.29. The molecule has 3 rings (SSSR count). The largest absolute Gasteiger partial charge is 0.508 e. The number of carbonyl (C=O) groups is 1. The molecule has 1 aliphatic carbocycles. The molecule has 2 aromatic carbocycles. The van der Waals surface area contributed by atoms with E-state index >= 15 is 0 Å². The molecule has 0 heterocycles. The second-order valence-electron chi connectivity index (χ2n) is 6.29. The number of nitrogens with one attached hydrogen (secondary N) is 1. The zero-order valence-electron chi connectivity index (χ0n) is 13.2. The number of hydrogen-bond acceptors (Lipinski definition) is 3. The molecule has 0 radical (unpaired) electrons. The topological polar surface area (TPSA) is 69.6 Å². The fourth-order valence-electron chi connectivity index (χ4n) is 3.24. The van der Waals surface area contributed by atoms with Crippen LogP contribution in [0.25, 0.3) is 11.1 Å². The molecule has 126 valence electrons. The standard InChI is InChI=1S/C19H20FNO3/c20-18-10-16(22)6-7-17(18)13-3-1-2-12(8-13)11-21-15-5-4-14(9-15)19(23)24/h1-3,6-8,10,14-15,21-22H,4-5,9,11H2,(H,23,24). The molecule has 2 aromatic rings. The molecule has 3 N–H and O–H groups in total. The van der Waals surface area contributed by atoms with Gasteiger partial charge in [0.05, 0.1) is 5.92 Å². The van der Waals surface area contributed by atoms with Crippen molar-refractivity contribution in [3.05, 3.63) is 53.8 Å². The summed E-state index contributed by atoms with van der Waals surface area (Å²) in [5.41, 5.74) is 2.21. The average molecular weight is 329 g/mol. The van der Waals surface area contributed by atoms with Gasteiger partial charge < -0.3 is 15.5 Å². The first-order valence-corrected chi connectivity index (χ1v) is 8.07. The number of halogens is 1. The first-order valence-electron chi connectivity index (χ1n) is 8.07. The monoisotopic (exact) mass is 329 g/mol. The molecule has 2 atom stereocenters. The third-order valence-electron chi connectivity index (χ3n) is 4.57. The minimum absolute atomic E-state index is 0.0942. The average Bonchev–Trinajstić information content (AvgIpc) is 3.02. The summed E-state index contributed by atoms with van der Waals surface area (Å²) in [6.07, 6.45) is 2.23. The highest BCUT2D eigenvalue weighted by atomic mass is 19.1. The van der Waals surface area contributed by atoms with Gasteiger partial charge in [-0.2, -0.15) is 0 Å². The van der Waals surface area contributed by atoms with E-state index in [1.807, 2.05) is 24.3 Å². The van der Waals surface area contributed by atoms with Crippen LogP contribution in [0.5, 0.6) is 5.75 Å². The fraction of sp³-hybridized carbons (Fsp3) is 0.316. The molecular formula is C19H20FNO3. The fourth-order valence-corrected chi connectivity index (χ4v) is 3.24. The number of phenolic OH excluding ortho intramolecular Hbond substituents is 1. The maximum Gasteiger partial charge on any atom is 0.306 e. The number of carboxylic acid groups (broad SMARTS) is 1. The second kappa shape index (κ2) is 7.01. The number of phenols is 1. The second-order valence-corrected chi connectivity index (χ2v) is 6.29. The number of aromatic hydroxyl groups is 1. The van der Waals surface area contributed by atoms with E-state index in [-0.39, 0.29) is 17.7 Å². The molecule has 2 unspecified atom stereocenters. The molecule has 0 aliphatic heterocycles. The zero-order valence-corrected chi connectivity index (χ0v) is 13.2. The van der Waals surface area contributed by atoms with Gasteiger partial charge in [-0.05, 0) is 48.6 Å². The van der Waals surface area contributed by atoms with Crippen LogP contribution in [0.1, 0.15) is 24.8 Å². The summed E-state index contributed by atoms with van der Waals surface area (Å²) in [5, 5.41) is 21.7. The minimum Gasteiger partial charge on any atom is -0.508 e. The molecule has 1 saturated carbocycles. The number of aliphatic carboxylic acids is 1. The molecule has 1 fully saturated rings. The van der Waals surface area contributed by atoms with Crippen LogP contribution in [0, 0.1) is 11.7 Å². The van der Waals surface area contributed by atoms with Gasteiger partial charge in [0, 0.05) is 24.2 Å². The number of rotatable bonds is 5. The van der Waals surface area contributed by atoms with E-state index in [9.17, 15) is 14.3 Å². The lowest BCUT2D eigenvalue weighted by Gasteiger charge is -2.13. The van der Waals surface area contributed by atoms with Crippen LogP contribution >= 0.6 is 0 Å². The van der Waals surface area contributed by atoms with Gasteiger partial charge in [0.25, 0.3) is 0 Å². The Kier molecular flexibility index (Phi) is 4.81. The van der Waals surface area contributed by atoms with Gasteiger partial charge in [0.2, 0.25) is 0 Å². The van der Waals surface area contributed by atoms with Crippen LogP contribution in [0.3, 0.4) is 0 Å². The molecule has 0 bridgehead atoms. The van der Waals surface area contributed by atoms with Gasteiger partial charge in [0.15, 0.2) is 0 Å². The van der Waals surface area contributed by atoms with E-state index in [0.29, 0.717) is 24.9 Å². The van der Waals surface area contributed by atoms with Crippen LogP contribution in [-0.4, -0.2) is 22.2 Å². The third-order valence-corrected chi connectivity index (χ3v) is 4.57. The van der Waals surface area contributed by atoms with Crippen LogP contribution in [0.4, 0.5) is 4.39 Å². The van der Waals surface area contributed by atoms with Gasteiger partial charge in [-0.3, -0.25) is 4.79 Å². The first-order chi connectivity index (χ1) is 11.5. The van der Waals surface area contributed by atoms with Crippen molar-refractivity contribution in [2.24, 2.45) is 5.92 Å². The predicted octanol–water partition coefficient (Wildman–Crippen LogP) is 3.54. The van der Waals surface area contributed by atoms with E-state index in [0.717, 1.165) is 23.6 Å². The number of hydrogen-bond donors (Lipinski definition) is 3. The molecule has 0 amide bonds. The van der Waals surface area contributed by atoms with Crippen LogP contribution < -0.4 is 5.32 Å². The maximum atomic E-state index is 14.0. The summed E-state index contributed by atoms with van der Waals surface area (Å²) < 4.78 is 14.0. The van der Waals surface area contributed by atoms with Crippen molar-refractivity contribution < 1.29 is 19.4 Å². The predicted molar refractivity (Wildman–Crippen MR) is 89.1 cm³/mol. The summed E-state index contributed by atoms with van der Waals surface area (Å²) in [6.45, 7) is 0.616. The summed E-state index contributed by atoms with van der Waals surface area (Å²) >= 11 is 0. The Bertz CT molecular complexity index is 747. The zero-order chi connectivity index (χ0) is 17.1. The Morgan fingerprint density at radius 2 is 2.04 bits per heavy atom. The van der Waals surface area contributed by atoms with Gasteiger partial charge in [-0.1, -0.05) is 18.2 Å². The number of benzene rings is 2. The minimum atomic E-state index is -0.718. The summed E-state index contributed by atoms with van der Waals surface area (Å²) in [6, 6.07) is 11.9. The normalized spacial score (nSPS) is 20.2. The molecule has 0 aromatic heterocycles. The van der Waals surface area contributed by atoms with E-state index in [1.54, 1.807) is 6.07 Å². The smallest absolute Gasteiger partial charge is 0.306 e. The molecule has 4 nitrogen and oxygen atoms in total. The van der Waals surface area contributed by atoms with Gasteiger partial charge in [-0.25, -0.2) is 4.39 Å². The van der Waals surface area contributed by atoms with E-state index in [4.69, 9.17) is 5.11 Å². The van der Waals surface area contributed by atoms with Gasteiger partial charge >= 0.3 is 5.97 Å². The quantitative estimate of drug-likeness (QED) is 0.785. The van der Waals surface area contributed by atoms with Gasteiger partial charge in [0.1, 0.15) is 11.6 Å². The van der Waals surface area contributed by atoms with Crippen molar-refractivity contribution >= 4 is 5.97 Å². The maximum absolute atomic E-state index is 14.0. The van der Waals surface area contributed by atoms with Crippen LogP contribution in [-0.2, 0) is 11.3 Å². The van der Waals surface area contributed by atoms with Crippen LogP contribution in [0.15, 0.2) is 42.5 Å². The Morgan fingerprint density at radius 3 is 2.75 bits per heavy atom. The Hall–Kier alpha value is -2.40. The van der Waals surface area contributed by atoms with Crippen LogP contribution in [0.2, 0.25) is 0 Å². The summed E-state index contributed by atoms with van der Waals surface area (Å²) in [5.74, 6) is -1.52. The number of carboxylic acids is 1.